The first-order valence-corrected chi connectivity index (χ1v) is 15.3. The van der Waals surface area contributed by atoms with Crippen LogP contribution in [0.15, 0.2) is 117 Å². The quantitative estimate of drug-likeness (QED) is 0.236. The van der Waals surface area contributed by atoms with Gasteiger partial charge in [0.1, 0.15) is 21.4 Å². The first kappa shape index (κ1) is 27.8. The average molecular weight is 551 g/mol. The predicted octanol–water partition coefficient (Wildman–Crippen LogP) is 7.55. The van der Waals surface area contributed by atoms with Crippen molar-refractivity contribution in [3.8, 4) is 5.75 Å². The molecule has 0 saturated carbocycles. The normalized spacial score (nSPS) is 13.2. The Hall–Kier alpha value is -3.20. The Morgan fingerprint density at radius 1 is 0.632 bits per heavy atom. The Morgan fingerprint density at radius 3 is 1.55 bits per heavy atom. The average Bonchev–Trinajstić information content (AvgIpc) is 2.87. The van der Waals surface area contributed by atoms with E-state index in [1.807, 2.05) is 69.3 Å². The number of ether oxygens (including phenoxy) is 1. The van der Waals surface area contributed by atoms with Gasteiger partial charge < -0.3 is 4.74 Å². The summed E-state index contributed by atoms with van der Waals surface area (Å²) in [6, 6.07) is 24.9. The van der Waals surface area contributed by atoms with Crippen molar-refractivity contribution in [2.45, 2.75) is 72.4 Å². The molecule has 2 heterocycles. The Bertz CT molecular complexity index is 1420. The number of hydrogen-bond acceptors (Lipinski definition) is 6. The number of hydrogen-bond donors (Lipinski definition) is 0. The van der Waals surface area contributed by atoms with E-state index in [1.165, 1.54) is 0 Å². The third kappa shape index (κ3) is 6.09. The third-order valence-electron chi connectivity index (χ3n) is 5.64. The second-order valence-corrected chi connectivity index (χ2v) is 15.2. The molecular weight excluding hydrogens is 516 g/mol. The van der Waals surface area contributed by atoms with E-state index in [1.54, 1.807) is 48.8 Å². The molecule has 0 fully saturated rings. The second-order valence-electron chi connectivity index (χ2n) is 10.9. The standard InChI is InChI=1S/C30H34N2O4S2/c1-29(2,3)23-13-17-26(18-14-23)38(33,34)36-37(27-11-7-9-21-31-27,28-12-8-10-22-32-28)25-19-15-24(16-20-25)35-30(4,5)6/h7-22H,1-6H3. The maximum Gasteiger partial charge on any atom is 0.307 e. The molecule has 0 aliphatic carbocycles. The highest BCUT2D eigenvalue weighted by molar-refractivity contribution is 8.33. The number of nitrogens with zero attached hydrogens (tertiary/aromatic N) is 2. The molecule has 0 radical (unpaired) electrons. The van der Waals surface area contributed by atoms with Gasteiger partial charge in [-0.05, 0) is 92.4 Å². The maximum absolute atomic E-state index is 13.9. The van der Waals surface area contributed by atoms with Gasteiger partial charge in [-0.2, -0.15) is 12.0 Å². The van der Waals surface area contributed by atoms with Gasteiger partial charge in [0.05, 0.1) is 4.90 Å². The SMILES string of the molecule is CC(C)(C)Oc1ccc(S(OS(=O)(=O)c2ccc(C(C)(C)C)cc2)(c2ccccn2)c2ccccn2)cc1. The molecule has 2 aromatic carbocycles. The van der Waals surface area contributed by atoms with E-state index in [4.69, 9.17) is 8.37 Å². The fourth-order valence-electron chi connectivity index (χ4n) is 3.84. The molecule has 0 aliphatic heterocycles. The Labute approximate surface area is 227 Å². The van der Waals surface area contributed by atoms with Gasteiger partial charge in [-0.25, -0.2) is 9.97 Å². The monoisotopic (exact) mass is 550 g/mol. The van der Waals surface area contributed by atoms with Crippen LogP contribution in [0, 0.1) is 0 Å². The fraction of sp³-hybridized carbons (Fsp3) is 0.267. The highest BCUT2D eigenvalue weighted by atomic mass is 32.3. The van der Waals surface area contributed by atoms with Crippen LogP contribution in [-0.4, -0.2) is 24.0 Å². The summed E-state index contributed by atoms with van der Waals surface area (Å²) in [5.41, 5.74) is 0.530. The molecule has 0 spiro atoms. The van der Waals surface area contributed by atoms with E-state index >= 15 is 0 Å². The lowest BCUT2D eigenvalue weighted by Gasteiger charge is -2.37. The molecule has 0 N–H and O–H groups in total. The molecule has 2 aromatic heterocycles. The lowest BCUT2D eigenvalue weighted by Crippen LogP contribution is -2.23. The molecule has 0 atom stereocenters. The van der Waals surface area contributed by atoms with Crippen molar-refractivity contribution in [3.05, 3.63) is 103 Å². The Balaban J connectivity index is 1.91. The van der Waals surface area contributed by atoms with E-state index in [9.17, 15) is 8.42 Å². The Morgan fingerprint density at radius 2 is 1.13 bits per heavy atom. The van der Waals surface area contributed by atoms with Crippen LogP contribution in [-0.2, 0) is 19.2 Å². The minimum absolute atomic E-state index is 0.0712. The van der Waals surface area contributed by atoms with Crippen LogP contribution < -0.4 is 4.74 Å². The molecule has 4 aromatic rings. The van der Waals surface area contributed by atoms with Gasteiger partial charge >= 0.3 is 10.1 Å². The fourth-order valence-corrected chi connectivity index (χ4v) is 8.75. The molecule has 4 rings (SSSR count). The molecule has 200 valence electrons. The van der Waals surface area contributed by atoms with E-state index in [0.29, 0.717) is 20.7 Å². The Kier molecular flexibility index (Phi) is 7.70. The first-order chi connectivity index (χ1) is 17.8. The highest BCUT2D eigenvalue weighted by Gasteiger charge is 2.40. The predicted molar refractivity (Wildman–Crippen MR) is 151 cm³/mol. The van der Waals surface area contributed by atoms with Gasteiger partial charge in [0.15, 0.2) is 0 Å². The van der Waals surface area contributed by atoms with Crippen LogP contribution in [0.25, 0.3) is 0 Å². The molecule has 38 heavy (non-hydrogen) atoms. The zero-order valence-electron chi connectivity index (χ0n) is 22.6. The molecule has 8 heteroatoms. The van der Waals surface area contributed by atoms with Crippen molar-refractivity contribution in [3.63, 3.8) is 0 Å². The van der Waals surface area contributed by atoms with Gasteiger partial charge in [0, 0.05) is 27.6 Å². The van der Waals surface area contributed by atoms with Crippen LogP contribution in [0.1, 0.15) is 47.1 Å². The summed E-state index contributed by atoms with van der Waals surface area (Å²) < 4.78 is 40.1. The lowest BCUT2D eigenvalue weighted by molar-refractivity contribution is 0.131. The third-order valence-corrected chi connectivity index (χ3v) is 10.6. The molecule has 6 nitrogen and oxygen atoms in total. The number of rotatable bonds is 7. The topological polar surface area (TPSA) is 78.4 Å². The molecule has 0 aliphatic rings. The summed E-state index contributed by atoms with van der Waals surface area (Å²) in [7, 11) is -7.14. The summed E-state index contributed by atoms with van der Waals surface area (Å²) in [4.78, 5) is 9.87. The van der Waals surface area contributed by atoms with Crippen LogP contribution in [0.4, 0.5) is 0 Å². The van der Waals surface area contributed by atoms with Crippen molar-refractivity contribution in [2.24, 2.45) is 0 Å². The van der Waals surface area contributed by atoms with Crippen molar-refractivity contribution >= 4 is 20.4 Å². The van der Waals surface area contributed by atoms with Crippen LogP contribution in [0.2, 0.25) is 0 Å². The maximum atomic E-state index is 13.9. The molecule has 0 amide bonds. The zero-order valence-corrected chi connectivity index (χ0v) is 24.2. The number of benzene rings is 2. The van der Waals surface area contributed by atoms with Gasteiger partial charge in [-0.1, -0.05) is 45.0 Å². The number of pyridine rings is 2. The molecule has 0 unspecified atom stereocenters. The lowest BCUT2D eigenvalue weighted by atomic mass is 9.87. The largest absolute Gasteiger partial charge is 0.488 e. The van der Waals surface area contributed by atoms with Crippen LogP contribution in [0.3, 0.4) is 0 Å². The van der Waals surface area contributed by atoms with Crippen molar-refractivity contribution in [2.75, 3.05) is 0 Å². The zero-order chi connectivity index (χ0) is 27.6. The van der Waals surface area contributed by atoms with Gasteiger partial charge in [-0.3, -0.25) is 0 Å². The summed E-state index contributed by atoms with van der Waals surface area (Å²) in [6.07, 6.45) is 3.26. The van der Waals surface area contributed by atoms with E-state index in [2.05, 4.69) is 30.7 Å². The molecule has 0 bridgehead atoms. The molecule has 0 saturated heterocycles. The number of aromatic nitrogens is 2. The summed E-state index contributed by atoms with van der Waals surface area (Å²) in [5.74, 6) is 0.664. The van der Waals surface area contributed by atoms with Gasteiger partial charge in [0.2, 0.25) is 0 Å². The summed E-state index contributed by atoms with van der Waals surface area (Å²) in [5, 5.41) is 0.941. The van der Waals surface area contributed by atoms with E-state index < -0.39 is 20.4 Å². The molecular formula is C30H34N2O4S2. The van der Waals surface area contributed by atoms with Crippen LogP contribution >= 0.6 is 10.3 Å². The smallest absolute Gasteiger partial charge is 0.307 e. The summed E-state index contributed by atoms with van der Waals surface area (Å²) in [6.45, 7) is 12.2. The van der Waals surface area contributed by atoms with Crippen molar-refractivity contribution in [1.29, 1.82) is 0 Å². The minimum atomic E-state index is -4.24. The minimum Gasteiger partial charge on any atom is -0.488 e. The van der Waals surface area contributed by atoms with E-state index in [-0.39, 0.29) is 15.9 Å². The van der Waals surface area contributed by atoms with Crippen molar-refractivity contribution in [1.82, 2.24) is 9.97 Å². The van der Waals surface area contributed by atoms with E-state index in [0.717, 1.165) is 5.56 Å². The first-order valence-electron chi connectivity index (χ1n) is 12.3. The highest BCUT2D eigenvalue weighted by Crippen LogP contribution is 2.69. The summed E-state index contributed by atoms with van der Waals surface area (Å²) >= 11 is 0. The van der Waals surface area contributed by atoms with Crippen molar-refractivity contribution < 1.29 is 16.8 Å². The van der Waals surface area contributed by atoms with Gasteiger partial charge in [0.25, 0.3) is 0 Å². The van der Waals surface area contributed by atoms with Crippen LogP contribution in [0.5, 0.6) is 5.75 Å². The second kappa shape index (κ2) is 10.5. The van der Waals surface area contributed by atoms with Gasteiger partial charge in [-0.15, -0.1) is 0 Å².